The van der Waals surface area contributed by atoms with Crippen molar-refractivity contribution in [3.63, 3.8) is 0 Å². The quantitative estimate of drug-likeness (QED) is 0.644. The van der Waals surface area contributed by atoms with E-state index in [9.17, 15) is 9.18 Å². The third kappa shape index (κ3) is 4.44. The summed E-state index contributed by atoms with van der Waals surface area (Å²) in [5.74, 6) is 0.429. The maximum Gasteiger partial charge on any atom is 0.260 e. The predicted octanol–water partition coefficient (Wildman–Crippen LogP) is 3.87. The fourth-order valence-corrected chi connectivity index (χ4v) is 4.01. The van der Waals surface area contributed by atoms with Gasteiger partial charge in [-0.1, -0.05) is 18.2 Å². The highest BCUT2D eigenvalue weighted by molar-refractivity contribution is 5.85. The van der Waals surface area contributed by atoms with Gasteiger partial charge >= 0.3 is 0 Å². The SMILES string of the molecule is CC1CN(C(=O)COc2cccc3ncccc23)C(C)CN1Cc1ccc(F)cc1. The predicted molar refractivity (Wildman–Crippen MR) is 115 cm³/mol. The number of amides is 1. The number of aromatic nitrogens is 1. The van der Waals surface area contributed by atoms with Gasteiger partial charge in [0.05, 0.1) is 5.52 Å². The number of carbonyl (C=O) groups is 1. The van der Waals surface area contributed by atoms with E-state index in [1.807, 2.05) is 47.4 Å². The largest absolute Gasteiger partial charge is 0.483 e. The summed E-state index contributed by atoms with van der Waals surface area (Å²) in [6, 6.07) is 16.4. The molecular weight excluding hydrogens is 381 g/mol. The molecule has 1 aliphatic heterocycles. The zero-order chi connectivity index (χ0) is 21.1. The summed E-state index contributed by atoms with van der Waals surface area (Å²) in [6.45, 7) is 6.33. The standard InChI is InChI=1S/C24H26FN3O2/c1-17-14-28(18(2)13-27(17)15-19-8-10-20(25)11-9-19)24(29)16-30-23-7-3-6-22-21(23)5-4-12-26-22/h3-12,17-18H,13-16H2,1-2H3. The Bertz CT molecular complexity index is 1020. The molecule has 1 saturated heterocycles. The zero-order valence-corrected chi connectivity index (χ0v) is 17.3. The van der Waals surface area contributed by atoms with Crippen LogP contribution in [-0.4, -0.2) is 52.5 Å². The Morgan fingerprint density at radius 1 is 1.07 bits per heavy atom. The Hall–Kier alpha value is -2.99. The summed E-state index contributed by atoms with van der Waals surface area (Å²) in [5, 5.41) is 0.901. The molecule has 30 heavy (non-hydrogen) atoms. The fourth-order valence-electron chi connectivity index (χ4n) is 4.01. The van der Waals surface area contributed by atoms with Crippen molar-refractivity contribution in [2.24, 2.45) is 0 Å². The molecule has 1 aliphatic rings. The van der Waals surface area contributed by atoms with Crippen LogP contribution >= 0.6 is 0 Å². The van der Waals surface area contributed by atoms with Crippen molar-refractivity contribution in [2.75, 3.05) is 19.7 Å². The van der Waals surface area contributed by atoms with Crippen LogP contribution in [0.25, 0.3) is 10.9 Å². The number of ether oxygens (including phenoxy) is 1. The van der Waals surface area contributed by atoms with Crippen molar-refractivity contribution in [3.8, 4) is 5.75 Å². The Morgan fingerprint density at radius 2 is 1.87 bits per heavy atom. The number of rotatable bonds is 5. The first-order chi connectivity index (χ1) is 14.5. The molecule has 0 radical (unpaired) electrons. The van der Waals surface area contributed by atoms with Gasteiger partial charge in [0.2, 0.25) is 0 Å². The Labute approximate surface area is 176 Å². The topological polar surface area (TPSA) is 45.7 Å². The van der Waals surface area contributed by atoms with Crippen molar-refractivity contribution in [1.29, 1.82) is 0 Å². The van der Waals surface area contributed by atoms with Gasteiger partial charge in [0.25, 0.3) is 5.91 Å². The van der Waals surface area contributed by atoms with E-state index in [4.69, 9.17) is 4.74 Å². The first kappa shape index (κ1) is 20.3. The third-order valence-electron chi connectivity index (χ3n) is 5.69. The molecule has 0 saturated carbocycles. The Morgan fingerprint density at radius 3 is 2.67 bits per heavy atom. The first-order valence-electron chi connectivity index (χ1n) is 10.3. The maximum atomic E-state index is 13.2. The fraction of sp³-hybridized carbons (Fsp3) is 0.333. The van der Waals surface area contributed by atoms with E-state index in [1.165, 1.54) is 12.1 Å². The van der Waals surface area contributed by atoms with Gasteiger partial charge < -0.3 is 9.64 Å². The first-order valence-corrected chi connectivity index (χ1v) is 10.3. The summed E-state index contributed by atoms with van der Waals surface area (Å²) in [5.41, 5.74) is 1.92. The number of pyridine rings is 1. The molecule has 2 atom stereocenters. The lowest BCUT2D eigenvalue weighted by molar-refractivity contribution is -0.139. The molecule has 3 aromatic rings. The highest BCUT2D eigenvalue weighted by atomic mass is 19.1. The molecule has 4 rings (SSSR count). The molecule has 1 aromatic heterocycles. The average molecular weight is 407 g/mol. The van der Waals surface area contributed by atoms with E-state index in [1.54, 1.807) is 6.20 Å². The van der Waals surface area contributed by atoms with Gasteiger partial charge in [0.15, 0.2) is 6.61 Å². The van der Waals surface area contributed by atoms with Crippen molar-refractivity contribution < 1.29 is 13.9 Å². The van der Waals surface area contributed by atoms with Gasteiger partial charge in [-0.05, 0) is 55.8 Å². The molecule has 2 unspecified atom stereocenters. The van der Waals surface area contributed by atoms with E-state index in [0.29, 0.717) is 12.3 Å². The molecule has 1 fully saturated rings. The number of piperazine rings is 1. The molecular formula is C24H26FN3O2. The van der Waals surface area contributed by atoms with Crippen LogP contribution in [0.15, 0.2) is 60.8 Å². The van der Waals surface area contributed by atoms with Crippen molar-refractivity contribution in [2.45, 2.75) is 32.5 Å². The monoisotopic (exact) mass is 407 g/mol. The molecule has 0 bridgehead atoms. The van der Waals surface area contributed by atoms with Crippen molar-refractivity contribution in [3.05, 3.63) is 72.2 Å². The minimum absolute atomic E-state index is 0.00301. The number of carbonyl (C=O) groups excluding carboxylic acids is 1. The summed E-state index contributed by atoms with van der Waals surface area (Å²) >= 11 is 0. The third-order valence-corrected chi connectivity index (χ3v) is 5.69. The number of hydrogen-bond acceptors (Lipinski definition) is 4. The molecule has 6 heteroatoms. The van der Waals surface area contributed by atoms with Crippen LogP contribution in [0.1, 0.15) is 19.4 Å². The van der Waals surface area contributed by atoms with Gasteiger partial charge in [-0.25, -0.2) is 4.39 Å². The number of benzene rings is 2. The number of nitrogens with zero attached hydrogens (tertiary/aromatic N) is 3. The molecule has 2 heterocycles. The molecule has 1 amide bonds. The van der Waals surface area contributed by atoms with Crippen LogP contribution in [0.4, 0.5) is 4.39 Å². The summed E-state index contributed by atoms with van der Waals surface area (Å²) in [7, 11) is 0. The summed E-state index contributed by atoms with van der Waals surface area (Å²) < 4.78 is 19.0. The average Bonchev–Trinajstić information content (AvgIpc) is 2.76. The van der Waals surface area contributed by atoms with Gasteiger partial charge in [-0.2, -0.15) is 0 Å². The highest BCUT2D eigenvalue weighted by Crippen LogP contribution is 2.24. The van der Waals surface area contributed by atoms with Crippen LogP contribution in [0.5, 0.6) is 5.75 Å². The van der Waals surface area contributed by atoms with Crippen molar-refractivity contribution >= 4 is 16.8 Å². The lowest BCUT2D eigenvalue weighted by Crippen LogP contribution is -2.58. The van der Waals surface area contributed by atoms with Crippen LogP contribution in [-0.2, 0) is 11.3 Å². The minimum Gasteiger partial charge on any atom is -0.483 e. The van der Waals surface area contributed by atoms with E-state index >= 15 is 0 Å². The number of fused-ring (bicyclic) bond motifs is 1. The Kier molecular flexibility index (Phi) is 5.95. The van der Waals surface area contributed by atoms with E-state index in [-0.39, 0.29) is 30.4 Å². The van der Waals surface area contributed by atoms with Crippen LogP contribution in [0.2, 0.25) is 0 Å². The molecule has 5 nitrogen and oxygen atoms in total. The second kappa shape index (κ2) is 8.79. The number of hydrogen-bond donors (Lipinski definition) is 0. The summed E-state index contributed by atoms with van der Waals surface area (Å²) in [4.78, 5) is 21.4. The lowest BCUT2D eigenvalue weighted by Gasteiger charge is -2.44. The van der Waals surface area contributed by atoms with E-state index in [2.05, 4.69) is 23.7 Å². The van der Waals surface area contributed by atoms with Crippen LogP contribution < -0.4 is 4.74 Å². The second-order valence-electron chi connectivity index (χ2n) is 7.91. The lowest BCUT2D eigenvalue weighted by atomic mass is 10.1. The maximum absolute atomic E-state index is 13.2. The van der Waals surface area contributed by atoms with E-state index in [0.717, 1.165) is 29.6 Å². The zero-order valence-electron chi connectivity index (χ0n) is 17.3. The van der Waals surface area contributed by atoms with Gasteiger partial charge in [0.1, 0.15) is 11.6 Å². The van der Waals surface area contributed by atoms with E-state index < -0.39 is 0 Å². The molecule has 0 N–H and O–H groups in total. The van der Waals surface area contributed by atoms with Crippen molar-refractivity contribution in [1.82, 2.24) is 14.8 Å². The molecule has 156 valence electrons. The molecule has 0 aliphatic carbocycles. The normalized spacial score (nSPS) is 19.8. The summed E-state index contributed by atoms with van der Waals surface area (Å²) in [6.07, 6.45) is 1.74. The smallest absolute Gasteiger partial charge is 0.260 e. The van der Waals surface area contributed by atoms with Gasteiger partial charge in [0, 0.05) is 43.3 Å². The second-order valence-corrected chi connectivity index (χ2v) is 7.91. The molecule has 2 aromatic carbocycles. The number of halogens is 1. The minimum atomic E-state index is -0.224. The Balaban J connectivity index is 1.37. The van der Waals surface area contributed by atoms with Crippen LogP contribution in [0, 0.1) is 5.82 Å². The molecule has 0 spiro atoms. The van der Waals surface area contributed by atoms with Gasteiger partial charge in [-0.15, -0.1) is 0 Å². The van der Waals surface area contributed by atoms with Gasteiger partial charge in [-0.3, -0.25) is 14.7 Å². The van der Waals surface area contributed by atoms with Crippen LogP contribution in [0.3, 0.4) is 0 Å². The highest BCUT2D eigenvalue weighted by Gasteiger charge is 2.32.